The van der Waals surface area contributed by atoms with Crippen molar-refractivity contribution in [1.82, 2.24) is 0 Å². The zero-order valence-corrected chi connectivity index (χ0v) is 12.9. The number of halogens is 2. The molecule has 1 aromatic rings. The molecular weight excluding hydrogens is 300 g/mol. The molecule has 0 saturated carbocycles. The van der Waals surface area contributed by atoms with Gasteiger partial charge in [-0.25, -0.2) is 0 Å². The highest BCUT2D eigenvalue weighted by Gasteiger charge is 2.13. The summed E-state index contributed by atoms with van der Waals surface area (Å²) in [5, 5.41) is 0.0410. The van der Waals surface area contributed by atoms with Gasteiger partial charge in [-0.1, -0.05) is 48.5 Å². The molecule has 0 heterocycles. The molecule has 0 N–H and O–H groups in total. The van der Waals surface area contributed by atoms with Gasteiger partial charge in [0.05, 0.1) is 12.5 Å². The van der Waals surface area contributed by atoms with Crippen molar-refractivity contribution in [1.29, 1.82) is 0 Å². The molecule has 17 heavy (non-hydrogen) atoms. The van der Waals surface area contributed by atoms with E-state index in [9.17, 15) is 0 Å². The summed E-state index contributed by atoms with van der Waals surface area (Å²) < 4.78 is 6.39. The molecule has 1 atom stereocenters. The molecule has 0 aromatic heterocycles. The Hall–Kier alpha value is -0.210. The summed E-state index contributed by atoms with van der Waals surface area (Å²) >= 11 is 9.91. The zero-order chi connectivity index (χ0) is 12.7. The van der Waals surface area contributed by atoms with Gasteiger partial charge in [0, 0.05) is 10.0 Å². The molecule has 0 saturated heterocycles. The largest absolute Gasteiger partial charge is 0.496 e. The van der Waals surface area contributed by atoms with Crippen LogP contribution in [0.15, 0.2) is 22.7 Å². The number of benzene rings is 1. The number of hydrogen-bond donors (Lipinski definition) is 0. The van der Waals surface area contributed by atoms with Gasteiger partial charge in [-0.05, 0) is 24.6 Å². The van der Waals surface area contributed by atoms with Crippen LogP contribution in [0.5, 0.6) is 5.75 Å². The van der Waals surface area contributed by atoms with Gasteiger partial charge in [-0.3, -0.25) is 0 Å². The third kappa shape index (κ3) is 4.89. The van der Waals surface area contributed by atoms with E-state index in [1.165, 1.54) is 25.7 Å². The SMILES string of the molecule is CCCCCCC(Cl)c1cc(Br)ccc1OC. The Labute approximate surface area is 118 Å². The fraction of sp³-hybridized carbons (Fsp3) is 0.571. The van der Waals surface area contributed by atoms with E-state index in [4.69, 9.17) is 16.3 Å². The van der Waals surface area contributed by atoms with Gasteiger partial charge in [0.1, 0.15) is 5.75 Å². The summed E-state index contributed by atoms with van der Waals surface area (Å²) in [7, 11) is 1.69. The van der Waals surface area contributed by atoms with Gasteiger partial charge in [0.15, 0.2) is 0 Å². The minimum atomic E-state index is 0.0410. The Kier molecular flexibility index (Phi) is 6.98. The standard InChI is InChI=1S/C14H20BrClO/c1-3-4-5-6-7-13(16)12-10-11(15)8-9-14(12)17-2/h8-10,13H,3-7H2,1-2H3. The number of unbranched alkanes of at least 4 members (excludes halogenated alkanes) is 3. The van der Waals surface area contributed by atoms with Gasteiger partial charge in [0.2, 0.25) is 0 Å². The lowest BCUT2D eigenvalue weighted by Crippen LogP contribution is -1.96. The van der Waals surface area contributed by atoms with Crippen LogP contribution < -0.4 is 4.74 Å². The van der Waals surface area contributed by atoms with Crippen LogP contribution in [0.4, 0.5) is 0 Å². The average molecular weight is 320 g/mol. The first kappa shape index (κ1) is 14.8. The van der Waals surface area contributed by atoms with Gasteiger partial charge in [-0.15, -0.1) is 11.6 Å². The maximum absolute atomic E-state index is 6.44. The molecule has 0 amide bonds. The van der Waals surface area contributed by atoms with Crippen molar-refractivity contribution < 1.29 is 4.74 Å². The number of hydrogen-bond acceptors (Lipinski definition) is 1. The summed E-state index contributed by atoms with van der Waals surface area (Å²) in [6.45, 7) is 2.22. The zero-order valence-electron chi connectivity index (χ0n) is 10.5. The average Bonchev–Trinajstić information content (AvgIpc) is 2.34. The lowest BCUT2D eigenvalue weighted by molar-refractivity contribution is 0.408. The van der Waals surface area contributed by atoms with Crippen molar-refractivity contribution in [2.45, 2.75) is 44.4 Å². The highest BCUT2D eigenvalue weighted by molar-refractivity contribution is 9.10. The molecule has 1 rings (SSSR count). The second-order valence-corrected chi connectivity index (χ2v) is 5.65. The third-order valence-corrected chi connectivity index (χ3v) is 3.79. The summed E-state index contributed by atoms with van der Waals surface area (Å²) in [5.74, 6) is 0.878. The molecule has 1 nitrogen and oxygen atoms in total. The highest BCUT2D eigenvalue weighted by Crippen LogP contribution is 2.35. The molecule has 96 valence electrons. The monoisotopic (exact) mass is 318 g/mol. The van der Waals surface area contributed by atoms with Crippen LogP contribution in [0.1, 0.15) is 50.0 Å². The Bertz CT molecular complexity index is 341. The third-order valence-electron chi connectivity index (χ3n) is 2.84. The molecule has 1 unspecified atom stereocenters. The van der Waals surface area contributed by atoms with E-state index in [1.54, 1.807) is 7.11 Å². The molecule has 0 fully saturated rings. The first-order valence-corrected chi connectivity index (χ1v) is 7.39. The van der Waals surface area contributed by atoms with Gasteiger partial charge in [-0.2, -0.15) is 0 Å². The van der Waals surface area contributed by atoms with E-state index in [0.717, 1.165) is 22.2 Å². The Morgan fingerprint density at radius 2 is 2.06 bits per heavy atom. The van der Waals surface area contributed by atoms with Crippen molar-refractivity contribution in [2.24, 2.45) is 0 Å². The number of methoxy groups -OCH3 is 1. The predicted molar refractivity (Wildman–Crippen MR) is 78.0 cm³/mol. The van der Waals surface area contributed by atoms with E-state index in [1.807, 2.05) is 12.1 Å². The normalized spacial score (nSPS) is 12.5. The molecule has 0 spiro atoms. The van der Waals surface area contributed by atoms with Crippen LogP contribution in [0, 0.1) is 0 Å². The van der Waals surface area contributed by atoms with E-state index in [-0.39, 0.29) is 5.38 Å². The number of alkyl halides is 1. The molecule has 3 heteroatoms. The number of rotatable bonds is 7. The van der Waals surface area contributed by atoms with Gasteiger partial charge >= 0.3 is 0 Å². The summed E-state index contributed by atoms with van der Waals surface area (Å²) in [4.78, 5) is 0. The molecule has 0 radical (unpaired) electrons. The fourth-order valence-electron chi connectivity index (χ4n) is 1.86. The van der Waals surface area contributed by atoms with Crippen LogP contribution in [-0.2, 0) is 0 Å². The Morgan fingerprint density at radius 3 is 2.71 bits per heavy atom. The van der Waals surface area contributed by atoms with Crippen molar-refractivity contribution in [3.05, 3.63) is 28.2 Å². The maximum Gasteiger partial charge on any atom is 0.123 e. The second kappa shape index (κ2) is 7.99. The molecular formula is C14H20BrClO. The van der Waals surface area contributed by atoms with Crippen LogP contribution >= 0.6 is 27.5 Å². The van der Waals surface area contributed by atoms with Crippen molar-refractivity contribution in [2.75, 3.05) is 7.11 Å². The minimum absolute atomic E-state index is 0.0410. The van der Waals surface area contributed by atoms with Crippen LogP contribution in [-0.4, -0.2) is 7.11 Å². The molecule has 0 bridgehead atoms. The maximum atomic E-state index is 6.44. The molecule has 1 aromatic carbocycles. The van der Waals surface area contributed by atoms with Crippen LogP contribution in [0.3, 0.4) is 0 Å². The Balaban J connectivity index is 2.60. The number of ether oxygens (including phenoxy) is 1. The topological polar surface area (TPSA) is 9.23 Å². The molecule has 0 aliphatic heterocycles. The highest BCUT2D eigenvalue weighted by atomic mass is 79.9. The smallest absolute Gasteiger partial charge is 0.123 e. The van der Waals surface area contributed by atoms with Gasteiger partial charge in [0.25, 0.3) is 0 Å². The van der Waals surface area contributed by atoms with E-state index in [0.29, 0.717) is 0 Å². The summed E-state index contributed by atoms with van der Waals surface area (Å²) in [5.41, 5.74) is 1.08. The summed E-state index contributed by atoms with van der Waals surface area (Å²) in [6.07, 6.45) is 5.99. The minimum Gasteiger partial charge on any atom is -0.496 e. The van der Waals surface area contributed by atoms with E-state index in [2.05, 4.69) is 28.9 Å². The van der Waals surface area contributed by atoms with Crippen molar-refractivity contribution >= 4 is 27.5 Å². The van der Waals surface area contributed by atoms with Gasteiger partial charge < -0.3 is 4.74 Å². The van der Waals surface area contributed by atoms with Crippen LogP contribution in [0.2, 0.25) is 0 Å². The van der Waals surface area contributed by atoms with Crippen molar-refractivity contribution in [3.8, 4) is 5.75 Å². The van der Waals surface area contributed by atoms with E-state index < -0.39 is 0 Å². The molecule has 0 aliphatic rings. The quantitative estimate of drug-likeness (QED) is 0.462. The lowest BCUT2D eigenvalue weighted by atomic mass is 10.0. The summed E-state index contributed by atoms with van der Waals surface area (Å²) in [6, 6.07) is 5.99. The molecule has 0 aliphatic carbocycles. The predicted octanol–water partition coefficient (Wildman–Crippen LogP) is 5.71. The first-order valence-electron chi connectivity index (χ1n) is 6.16. The lowest BCUT2D eigenvalue weighted by Gasteiger charge is -2.14. The van der Waals surface area contributed by atoms with Crippen LogP contribution in [0.25, 0.3) is 0 Å². The fourth-order valence-corrected chi connectivity index (χ4v) is 2.56. The van der Waals surface area contributed by atoms with E-state index >= 15 is 0 Å². The Morgan fingerprint density at radius 1 is 1.29 bits per heavy atom. The first-order chi connectivity index (χ1) is 8.19. The van der Waals surface area contributed by atoms with Crippen molar-refractivity contribution in [3.63, 3.8) is 0 Å². The second-order valence-electron chi connectivity index (χ2n) is 4.20.